The van der Waals surface area contributed by atoms with Gasteiger partial charge in [-0.1, -0.05) is 13.8 Å². The molecule has 0 aromatic rings. The van der Waals surface area contributed by atoms with Gasteiger partial charge in [-0.25, -0.2) is 4.79 Å². The fourth-order valence-electron chi connectivity index (χ4n) is 1.77. The maximum Gasteiger partial charge on any atom is 0.338 e. The maximum atomic E-state index is 12.1. The molecule has 0 radical (unpaired) electrons. The van der Waals surface area contributed by atoms with E-state index >= 15 is 0 Å². The molecule has 21 heavy (non-hydrogen) atoms. The van der Waals surface area contributed by atoms with Crippen LogP contribution in [0.3, 0.4) is 0 Å². The summed E-state index contributed by atoms with van der Waals surface area (Å²) in [4.78, 5) is 51.5. The Morgan fingerprint density at radius 1 is 1.00 bits per heavy atom. The molecule has 0 aromatic heterocycles. The van der Waals surface area contributed by atoms with Gasteiger partial charge in [0.15, 0.2) is 0 Å². The molecule has 0 unspecified atom stereocenters. The molecule has 0 aromatic carbocycles. The van der Waals surface area contributed by atoms with Gasteiger partial charge in [0.25, 0.3) is 11.8 Å². The van der Waals surface area contributed by atoms with Gasteiger partial charge in [0.2, 0.25) is 0 Å². The summed E-state index contributed by atoms with van der Waals surface area (Å²) in [6.07, 6.45) is 1.09. The number of carbonyl (C=O) groups is 4. The highest BCUT2D eigenvalue weighted by Crippen LogP contribution is 2.33. The third kappa shape index (κ3) is 4.12. The Kier molecular flexibility index (Phi) is 4.91. The van der Waals surface area contributed by atoms with Crippen molar-refractivity contribution < 1.29 is 24.0 Å². The predicted molar refractivity (Wildman–Crippen MR) is 74.7 cm³/mol. The van der Waals surface area contributed by atoms with Crippen molar-refractivity contribution in [2.45, 2.75) is 60.3 Å². The first kappa shape index (κ1) is 17.3. The quantitative estimate of drug-likeness (QED) is 0.701. The largest absolute Gasteiger partial charge is 0.338 e. The molecule has 2 amide bonds. The number of hydrogen-bond acceptors (Lipinski definition) is 5. The molecule has 1 aliphatic rings. The number of carbonyl (C=O) groups excluding carboxylic acids is 4. The van der Waals surface area contributed by atoms with Gasteiger partial charge in [-0.2, -0.15) is 0 Å². The average molecular weight is 297 g/mol. The standard InChI is InChI=1S/C15H23NO5/c1-10(17)14(2,3)8-9-15(4,5)13(20)21-16-11(18)6-7-12(16)19/h6-9H2,1-5H3. The van der Waals surface area contributed by atoms with E-state index in [1.165, 1.54) is 6.92 Å². The molecule has 1 fully saturated rings. The lowest BCUT2D eigenvalue weighted by Gasteiger charge is -2.28. The lowest BCUT2D eigenvalue weighted by molar-refractivity contribution is -0.204. The van der Waals surface area contributed by atoms with E-state index in [0.29, 0.717) is 17.9 Å². The molecule has 0 spiro atoms. The number of imide groups is 1. The number of amides is 2. The summed E-state index contributed by atoms with van der Waals surface area (Å²) in [5.74, 6) is -1.57. The molecule has 6 nitrogen and oxygen atoms in total. The Morgan fingerprint density at radius 3 is 1.86 bits per heavy atom. The number of Topliss-reactive ketones (excluding diaryl/α,β-unsaturated/α-hetero) is 1. The van der Waals surface area contributed by atoms with Crippen LogP contribution in [0.4, 0.5) is 0 Å². The van der Waals surface area contributed by atoms with E-state index in [1.807, 2.05) is 13.8 Å². The van der Waals surface area contributed by atoms with Crippen LogP contribution < -0.4 is 0 Å². The van der Waals surface area contributed by atoms with E-state index < -0.39 is 28.6 Å². The molecule has 6 heteroatoms. The fourth-order valence-corrected chi connectivity index (χ4v) is 1.77. The Hall–Kier alpha value is -1.72. The van der Waals surface area contributed by atoms with Crippen molar-refractivity contribution in [1.29, 1.82) is 0 Å². The van der Waals surface area contributed by atoms with Gasteiger partial charge in [0.1, 0.15) is 5.78 Å². The molecule has 0 bridgehead atoms. The minimum atomic E-state index is -0.879. The monoisotopic (exact) mass is 297 g/mol. The van der Waals surface area contributed by atoms with Gasteiger partial charge in [-0.3, -0.25) is 14.4 Å². The van der Waals surface area contributed by atoms with Gasteiger partial charge >= 0.3 is 5.97 Å². The van der Waals surface area contributed by atoms with Gasteiger partial charge in [0, 0.05) is 18.3 Å². The fraction of sp³-hybridized carbons (Fsp3) is 0.733. The SMILES string of the molecule is CC(=O)C(C)(C)CCC(C)(C)C(=O)ON1C(=O)CCC1=O. The van der Waals surface area contributed by atoms with Gasteiger partial charge in [-0.15, -0.1) is 5.06 Å². The Balaban J connectivity index is 2.65. The van der Waals surface area contributed by atoms with Crippen molar-refractivity contribution in [3.05, 3.63) is 0 Å². The molecule has 1 heterocycles. The molecule has 118 valence electrons. The zero-order valence-electron chi connectivity index (χ0n) is 13.3. The number of rotatable bonds is 6. The minimum Gasteiger partial charge on any atom is -0.330 e. The van der Waals surface area contributed by atoms with Crippen molar-refractivity contribution in [1.82, 2.24) is 5.06 Å². The zero-order valence-corrected chi connectivity index (χ0v) is 13.3. The second-order valence-electron chi connectivity index (χ2n) is 6.78. The summed E-state index contributed by atoms with van der Waals surface area (Å²) >= 11 is 0. The smallest absolute Gasteiger partial charge is 0.330 e. The molecule has 1 rings (SSSR count). The van der Waals surface area contributed by atoms with Crippen LogP contribution in [0.25, 0.3) is 0 Å². The van der Waals surface area contributed by atoms with Crippen LogP contribution in [0.15, 0.2) is 0 Å². The summed E-state index contributed by atoms with van der Waals surface area (Å²) in [5, 5.41) is 0.556. The summed E-state index contributed by atoms with van der Waals surface area (Å²) in [6, 6.07) is 0. The Labute approximate surface area is 124 Å². The van der Waals surface area contributed by atoms with Crippen LogP contribution >= 0.6 is 0 Å². The van der Waals surface area contributed by atoms with Crippen molar-refractivity contribution in [3.63, 3.8) is 0 Å². The Morgan fingerprint density at radius 2 is 1.43 bits per heavy atom. The summed E-state index contributed by atoms with van der Waals surface area (Å²) < 4.78 is 0. The van der Waals surface area contributed by atoms with E-state index in [4.69, 9.17) is 4.84 Å². The lowest BCUT2D eigenvalue weighted by Crippen LogP contribution is -2.38. The van der Waals surface area contributed by atoms with Gasteiger partial charge < -0.3 is 4.84 Å². The normalized spacial score (nSPS) is 16.3. The molecular weight excluding hydrogens is 274 g/mol. The number of ketones is 1. The predicted octanol–water partition coefficient (Wildman–Crippen LogP) is 2.02. The van der Waals surface area contributed by atoms with Crippen LogP contribution in [-0.4, -0.2) is 28.6 Å². The second-order valence-corrected chi connectivity index (χ2v) is 6.78. The summed E-state index contributed by atoms with van der Waals surface area (Å²) in [5.41, 5.74) is -1.40. The first-order valence-corrected chi connectivity index (χ1v) is 7.06. The lowest BCUT2D eigenvalue weighted by atomic mass is 9.77. The average Bonchev–Trinajstić information content (AvgIpc) is 2.68. The van der Waals surface area contributed by atoms with Crippen LogP contribution in [0.1, 0.15) is 60.3 Å². The van der Waals surface area contributed by atoms with E-state index in [1.54, 1.807) is 13.8 Å². The van der Waals surface area contributed by atoms with Crippen molar-refractivity contribution in [2.24, 2.45) is 10.8 Å². The maximum absolute atomic E-state index is 12.1. The molecule has 1 saturated heterocycles. The topological polar surface area (TPSA) is 80.8 Å². The van der Waals surface area contributed by atoms with Crippen molar-refractivity contribution in [3.8, 4) is 0 Å². The number of hydroxylamine groups is 2. The number of nitrogens with zero attached hydrogens (tertiary/aromatic N) is 1. The van der Waals surface area contributed by atoms with E-state index in [0.717, 1.165) is 0 Å². The van der Waals surface area contributed by atoms with Crippen molar-refractivity contribution in [2.75, 3.05) is 0 Å². The van der Waals surface area contributed by atoms with Crippen LogP contribution in [0.2, 0.25) is 0 Å². The minimum absolute atomic E-state index is 0.0524. The highest BCUT2D eigenvalue weighted by atomic mass is 16.7. The zero-order chi connectivity index (χ0) is 16.4. The highest BCUT2D eigenvalue weighted by Gasteiger charge is 2.39. The third-order valence-electron chi connectivity index (χ3n) is 4.06. The summed E-state index contributed by atoms with van der Waals surface area (Å²) in [7, 11) is 0. The van der Waals surface area contributed by atoms with E-state index in [2.05, 4.69) is 0 Å². The summed E-state index contributed by atoms with van der Waals surface area (Å²) in [6.45, 7) is 8.52. The first-order valence-electron chi connectivity index (χ1n) is 7.06. The number of hydrogen-bond donors (Lipinski definition) is 0. The van der Waals surface area contributed by atoms with E-state index in [9.17, 15) is 19.2 Å². The molecule has 1 aliphatic heterocycles. The molecule has 0 N–H and O–H groups in total. The molecule has 0 atom stereocenters. The third-order valence-corrected chi connectivity index (χ3v) is 4.06. The van der Waals surface area contributed by atoms with Crippen molar-refractivity contribution >= 4 is 23.6 Å². The second kappa shape index (κ2) is 5.95. The van der Waals surface area contributed by atoms with Gasteiger partial charge in [0.05, 0.1) is 5.41 Å². The molecular formula is C15H23NO5. The molecule has 0 aliphatic carbocycles. The Bertz CT molecular complexity index is 462. The van der Waals surface area contributed by atoms with Crippen LogP contribution in [-0.2, 0) is 24.0 Å². The first-order chi connectivity index (χ1) is 9.47. The highest BCUT2D eigenvalue weighted by molar-refractivity contribution is 6.01. The van der Waals surface area contributed by atoms with Crippen LogP contribution in [0.5, 0.6) is 0 Å². The van der Waals surface area contributed by atoms with Gasteiger partial charge in [-0.05, 0) is 33.6 Å². The molecule has 0 saturated carbocycles. The van der Waals surface area contributed by atoms with E-state index in [-0.39, 0.29) is 18.6 Å². The van der Waals surface area contributed by atoms with Crippen LogP contribution in [0, 0.1) is 10.8 Å².